The smallest absolute Gasteiger partial charge is 0.423 e. The van der Waals surface area contributed by atoms with E-state index in [9.17, 15) is 4.21 Å². The van der Waals surface area contributed by atoms with Crippen LogP contribution in [0.4, 0.5) is 5.69 Å². The molecule has 0 heterocycles. The molecule has 1 aromatic rings. The van der Waals surface area contributed by atoms with Crippen LogP contribution in [0, 0.1) is 0 Å². The van der Waals surface area contributed by atoms with Crippen LogP contribution >= 0.6 is 0 Å². The summed E-state index contributed by atoms with van der Waals surface area (Å²) in [4.78, 5) is 0. The van der Waals surface area contributed by atoms with E-state index in [2.05, 4.69) is 4.72 Å². The maximum absolute atomic E-state index is 10.7. The lowest BCUT2D eigenvalue weighted by Gasteiger charge is -2.03. The van der Waals surface area contributed by atoms with Gasteiger partial charge in [0, 0.05) is 11.9 Å². The Morgan fingerprint density at radius 2 is 1.85 bits per heavy atom. The third-order valence-corrected chi connectivity index (χ3v) is 1.99. The molecule has 1 rings (SSSR count). The van der Waals surface area contributed by atoms with Crippen LogP contribution in [0.15, 0.2) is 24.3 Å². The first-order chi connectivity index (χ1) is 6.09. The van der Waals surface area contributed by atoms with Crippen molar-refractivity contribution in [1.82, 2.24) is 0 Å². The predicted octanol–water partition coefficient (Wildman–Crippen LogP) is -0.928. The van der Waals surface area contributed by atoms with Gasteiger partial charge < -0.3 is 14.8 Å². The van der Waals surface area contributed by atoms with E-state index in [1.54, 1.807) is 24.3 Å². The summed E-state index contributed by atoms with van der Waals surface area (Å²) in [5, 5.41) is 17.5. The Morgan fingerprint density at radius 3 is 2.23 bits per heavy atom. The summed E-state index contributed by atoms with van der Waals surface area (Å²) in [6.07, 6.45) is 1.52. The minimum atomic E-state index is -1.46. The van der Waals surface area contributed by atoms with Gasteiger partial charge in [0.2, 0.25) is 0 Å². The van der Waals surface area contributed by atoms with Crippen molar-refractivity contribution in [2.24, 2.45) is 0 Å². The molecule has 0 saturated heterocycles. The minimum absolute atomic E-state index is 0.410. The van der Waals surface area contributed by atoms with Gasteiger partial charge in [-0.05, 0) is 17.6 Å². The van der Waals surface area contributed by atoms with E-state index < -0.39 is 18.1 Å². The molecule has 6 heteroatoms. The van der Waals surface area contributed by atoms with Crippen LogP contribution in [0.3, 0.4) is 0 Å². The summed E-state index contributed by atoms with van der Waals surface area (Å²) >= 11 is 0. The maximum Gasteiger partial charge on any atom is 0.488 e. The Hall–Kier alpha value is -0.845. The van der Waals surface area contributed by atoms with Crippen molar-refractivity contribution in [3.8, 4) is 0 Å². The molecule has 1 unspecified atom stereocenters. The zero-order chi connectivity index (χ0) is 9.84. The average Bonchev–Trinajstić information content (AvgIpc) is 2.04. The van der Waals surface area contributed by atoms with Gasteiger partial charge in [-0.2, -0.15) is 0 Å². The normalized spacial score (nSPS) is 12.2. The standard InChI is InChI=1S/C7H10BNO3S/c1-13(12)9-7-4-2-6(3-5-7)8(10)11/h2-5,9-11H,1H3. The molecule has 1 aromatic carbocycles. The first kappa shape index (κ1) is 10.2. The Kier molecular flexibility index (Phi) is 3.47. The van der Waals surface area contributed by atoms with Crippen molar-refractivity contribution in [1.29, 1.82) is 0 Å². The second kappa shape index (κ2) is 4.41. The molecule has 0 aliphatic rings. The highest BCUT2D eigenvalue weighted by Gasteiger charge is 2.09. The number of hydrogen-bond acceptors (Lipinski definition) is 3. The van der Waals surface area contributed by atoms with Crippen LogP contribution in [-0.2, 0) is 11.0 Å². The first-order valence-electron chi connectivity index (χ1n) is 3.66. The highest BCUT2D eigenvalue weighted by atomic mass is 32.2. The van der Waals surface area contributed by atoms with Crippen molar-refractivity contribution in [2.75, 3.05) is 11.0 Å². The summed E-state index contributed by atoms with van der Waals surface area (Å²) in [6, 6.07) is 6.38. The molecule has 0 fully saturated rings. The van der Waals surface area contributed by atoms with Crippen LogP contribution in [0.1, 0.15) is 0 Å². The summed E-state index contributed by atoms with van der Waals surface area (Å²) in [6.45, 7) is 0. The highest BCUT2D eigenvalue weighted by Crippen LogP contribution is 2.04. The summed E-state index contributed by atoms with van der Waals surface area (Å²) in [5.41, 5.74) is 1.10. The first-order valence-corrected chi connectivity index (χ1v) is 5.21. The van der Waals surface area contributed by atoms with E-state index in [0.717, 1.165) is 0 Å². The molecule has 1 atom stereocenters. The third kappa shape index (κ3) is 3.18. The molecule has 4 nitrogen and oxygen atoms in total. The topological polar surface area (TPSA) is 69.6 Å². The van der Waals surface area contributed by atoms with Crippen molar-refractivity contribution >= 4 is 29.3 Å². The van der Waals surface area contributed by atoms with E-state index in [1.807, 2.05) is 0 Å². The summed E-state index contributed by atoms with van der Waals surface area (Å²) in [7, 11) is -2.57. The second-order valence-corrected chi connectivity index (χ2v) is 3.66. The zero-order valence-electron chi connectivity index (χ0n) is 7.10. The molecule has 0 aliphatic heterocycles. The van der Waals surface area contributed by atoms with E-state index in [-0.39, 0.29) is 0 Å². The average molecular weight is 199 g/mol. The van der Waals surface area contributed by atoms with Crippen molar-refractivity contribution in [3.05, 3.63) is 24.3 Å². The SMILES string of the molecule is CS(=O)Nc1ccc(B(O)O)cc1. The second-order valence-electron chi connectivity index (χ2n) is 2.55. The molecule has 0 saturated carbocycles. The minimum Gasteiger partial charge on any atom is -0.423 e. The predicted molar refractivity (Wildman–Crippen MR) is 54.0 cm³/mol. The fourth-order valence-electron chi connectivity index (χ4n) is 0.889. The van der Waals surface area contributed by atoms with Gasteiger partial charge in [-0.15, -0.1) is 0 Å². The van der Waals surface area contributed by atoms with Gasteiger partial charge in [0.25, 0.3) is 0 Å². The molecule has 3 N–H and O–H groups in total. The van der Waals surface area contributed by atoms with E-state index >= 15 is 0 Å². The van der Waals surface area contributed by atoms with Gasteiger partial charge in [-0.3, -0.25) is 0 Å². The van der Waals surface area contributed by atoms with Crippen molar-refractivity contribution in [2.45, 2.75) is 0 Å². The fraction of sp³-hybridized carbons (Fsp3) is 0.143. The van der Waals surface area contributed by atoms with Crippen LogP contribution < -0.4 is 10.2 Å². The molecular formula is C7H10BNO3S. The lowest BCUT2D eigenvalue weighted by atomic mass is 9.80. The van der Waals surface area contributed by atoms with E-state index in [0.29, 0.717) is 11.2 Å². The number of nitrogens with one attached hydrogen (secondary N) is 1. The third-order valence-electron chi connectivity index (χ3n) is 1.47. The number of hydrogen-bond donors (Lipinski definition) is 3. The van der Waals surface area contributed by atoms with Crippen molar-refractivity contribution in [3.63, 3.8) is 0 Å². The molecule has 0 amide bonds. The van der Waals surface area contributed by atoms with Crippen LogP contribution in [-0.4, -0.2) is 27.6 Å². The Balaban J connectivity index is 2.75. The highest BCUT2D eigenvalue weighted by molar-refractivity contribution is 7.85. The lowest BCUT2D eigenvalue weighted by Crippen LogP contribution is -2.29. The largest absolute Gasteiger partial charge is 0.488 e. The molecule has 13 heavy (non-hydrogen) atoms. The van der Waals surface area contributed by atoms with Gasteiger partial charge in [0.05, 0.1) is 0 Å². The number of anilines is 1. The fourth-order valence-corrected chi connectivity index (χ4v) is 1.36. The van der Waals surface area contributed by atoms with E-state index in [4.69, 9.17) is 10.0 Å². The Morgan fingerprint density at radius 1 is 1.31 bits per heavy atom. The maximum atomic E-state index is 10.7. The molecule has 70 valence electrons. The van der Waals surface area contributed by atoms with Crippen molar-refractivity contribution < 1.29 is 14.3 Å². The van der Waals surface area contributed by atoms with E-state index in [1.165, 1.54) is 6.26 Å². The lowest BCUT2D eigenvalue weighted by molar-refractivity contribution is 0.426. The molecular weight excluding hydrogens is 189 g/mol. The molecule has 0 radical (unpaired) electrons. The Labute approximate surface area is 79.3 Å². The van der Waals surface area contributed by atoms with Crippen LogP contribution in [0.5, 0.6) is 0 Å². The summed E-state index contributed by atoms with van der Waals surface area (Å²) in [5.74, 6) is 0. The molecule has 0 bridgehead atoms. The zero-order valence-corrected chi connectivity index (χ0v) is 7.91. The number of benzene rings is 1. The quantitative estimate of drug-likeness (QED) is 0.551. The molecule has 0 spiro atoms. The Bertz CT molecular complexity index is 301. The van der Waals surface area contributed by atoms with Gasteiger partial charge in [0.15, 0.2) is 0 Å². The molecule has 0 aliphatic carbocycles. The van der Waals surface area contributed by atoms with Gasteiger partial charge in [-0.1, -0.05) is 12.1 Å². The van der Waals surface area contributed by atoms with Gasteiger partial charge in [0.1, 0.15) is 11.0 Å². The molecule has 0 aromatic heterocycles. The monoisotopic (exact) mass is 199 g/mol. The van der Waals surface area contributed by atoms with Gasteiger partial charge in [-0.25, -0.2) is 4.21 Å². The van der Waals surface area contributed by atoms with Crippen LogP contribution in [0.25, 0.3) is 0 Å². The van der Waals surface area contributed by atoms with Crippen LogP contribution in [0.2, 0.25) is 0 Å². The summed E-state index contributed by atoms with van der Waals surface area (Å²) < 4.78 is 13.4. The number of rotatable bonds is 3. The van der Waals surface area contributed by atoms with Gasteiger partial charge >= 0.3 is 7.12 Å².